The third-order valence-corrected chi connectivity index (χ3v) is 4.80. The number of rotatable bonds is 2. The molecule has 1 heterocycles. The van der Waals surface area contributed by atoms with Crippen LogP contribution in [-0.4, -0.2) is 24.1 Å². The summed E-state index contributed by atoms with van der Waals surface area (Å²) in [6, 6.07) is 6.69. The molecule has 1 aromatic rings. The molecule has 0 spiro atoms. The average molecular weight is 286 g/mol. The molecule has 0 radical (unpaired) electrons. The van der Waals surface area contributed by atoms with Crippen molar-refractivity contribution in [2.75, 3.05) is 18.8 Å². The van der Waals surface area contributed by atoms with Crippen molar-refractivity contribution in [1.29, 1.82) is 0 Å². The maximum Gasteiger partial charge on any atom is 0.0213 e. The summed E-state index contributed by atoms with van der Waals surface area (Å²) >= 11 is 5.68. The summed E-state index contributed by atoms with van der Waals surface area (Å²) in [6.07, 6.45) is 1.18. The summed E-state index contributed by atoms with van der Waals surface area (Å²) in [7, 11) is 0. The topological polar surface area (TPSA) is 12.0 Å². The molecule has 1 saturated heterocycles. The molecule has 1 aromatic carbocycles. The van der Waals surface area contributed by atoms with Crippen LogP contribution in [0.4, 0.5) is 0 Å². The van der Waals surface area contributed by atoms with Gasteiger partial charge in [0, 0.05) is 28.6 Å². The van der Waals surface area contributed by atoms with Crippen LogP contribution in [0.5, 0.6) is 0 Å². The molecular formula is C12H16BrNS. The van der Waals surface area contributed by atoms with E-state index in [2.05, 4.69) is 58.1 Å². The van der Waals surface area contributed by atoms with Crippen molar-refractivity contribution >= 4 is 27.7 Å². The average Bonchev–Trinajstić information content (AvgIpc) is 2.25. The number of hydrogen-bond donors (Lipinski definition) is 1. The highest BCUT2D eigenvalue weighted by atomic mass is 79.9. The minimum absolute atomic E-state index is 0.744. The highest BCUT2D eigenvalue weighted by Gasteiger charge is 2.13. The summed E-state index contributed by atoms with van der Waals surface area (Å²) in [5, 5.41) is 4.19. The Morgan fingerprint density at radius 2 is 2.40 bits per heavy atom. The van der Waals surface area contributed by atoms with Crippen LogP contribution in [0.25, 0.3) is 0 Å². The fourth-order valence-corrected chi connectivity index (χ4v) is 3.34. The Kier molecular flexibility index (Phi) is 4.12. The number of thioether (sulfide) groups is 1. The van der Waals surface area contributed by atoms with Gasteiger partial charge in [-0.3, -0.25) is 0 Å². The van der Waals surface area contributed by atoms with Crippen LogP contribution in [0, 0.1) is 6.92 Å². The molecule has 1 atom stereocenters. The van der Waals surface area contributed by atoms with Crippen LogP contribution < -0.4 is 5.32 Å². The van der Waals surface area contributed by atoms with Gasteiger partial charge in [0.1, 0.15) is 0 Å². The van der Waals surface area contributed by atoms with Crippen LogP contribution in [0.1, 0.15) is 11.1 Å². The second-order valence-corrected chi connectivity index (χ2v) is 6.25. The molecule has 1 unspecified atom stereocenters. The second-order valence-electron chi connectivity index (χ2n) is 3.98. The van der Waals surface area contributed by atoms with Gasteiger partial charge in [-0.25, -0.2) is 0 Å². The number of benzene rings is 1. The molecule has 2 rings (SSSR count). The third kappa shape index (κ3) is 3.23. The molecule has 82 valence electrons. The van der Waals surface area contributed by atoms with Gasteiger partial charge in [0.15, 0.2) is 0 Å². The van der Waals surface area contributed by atoms with E-state index in [1.54, 1.807) is 0 Å². The van der Waals surface area contributed by atoms with E-state index in [0.717, 1.165) is 11.8 Å². The van der Waals surface area contributed by atoms with Crippen LogP contribution in [0.15, 0.2) is 22.7 Å². The Labute approximate surface area is 104 Å². The lowest BCUT2D eigenvalue weighted by Gasteiger charge is -2.22. The fraction of sp³-hybridized carbons (Fsp3) is 0.500. The molecule has 0 amide bonds. The molecule has 1 aliphatic heterocycles. The lowest BCUT2D eigenvalue weighted by atomic mass is 10.1. The predicted octanol–water partition coefficient (Wildman–Crippen LogP) is 3.01. The van der Waals surface area contributed by atoms with Crippen molar-refractivity contribution < 1.29 is 0 Å². The summed E-state index contributed by atoms with van der Waals surface area (Å²) in [6.45, 7) is 4.44. The number of halogens is 1. The Morgan fingerprint density at radius 3 is 3.07 bits per heavy atom. The minimum atomic E-state index is 0.744. The van der Waals surface area contributed by atoms with E-state index in [0.29, 0.717) is 0 Å². The molecule has 0 aromatic heterocycles. The van der Waals surface area contributed by atoms with Crippen LogP contribution in [0.3, 0.4) is 0 Å². The van der Waals surface area contributed by atoms with E-state index >= 15 is 0 Å². The van der Waals surface area contributed by atoms with Gasteiger partial charge in [0.05, 0.1) is 0 Å². The molecule has 1 nitrogen and oxygen atoms in total. The molecular weight excluding hydrogens is 270 g/mol. The molecule has 15 heavy (non-hydrogen) atoms. The second kappa shape index (κ2) is 5.37. The summed E-state index contributed by atoms with van der Waals surface area (Å²) in [4.78, 5) is 0. The SMILES string of the molecule is Cc1ccc(CC2CNCCS2)cc1Br. The highest BCUT2D eigenvalue weighted by Crippen LogP contribution is 2.22. The molecule has 0 aliphatic carbocycles. The predicted molar refractivity (Wildman–Crippen MR) is 71.7 cm³/mol. The smallest absolute Gasteiger partial charge is 0.0213 e. The van der Waals surface area contributed by atoms with Crippen molar-refractivity contribution in [2.45, 2.75) is 18.6 Å². The van der Waals surface area contributed by atoms with Gasteiger partial charge >= 0.3 is 0 Å². The molecule has 0 saturated carbocycles. The highest BCUT2D eigenvalue weighted by molar-refractivity contribution is 9.10. The number of aryl methyl sites for hydroxylation is 1. The van der Waals surface area contributed by atoms with Crippen molar-refractivity contribution in [2.24, 2.45) is 0 Å². The molecule has 0 bridgehead atoms. The molecule has 1 N–H and O–H groups in total. The van der Waals surface area contributed by atoms with Gasteiger partial charge in [-0.05, 0) is 30.5 Å². The maximum absolute atomic E-state index is 3.59. The van der Waals surface area contributed by atoms with Crippen molar-refractivity contribution in [3.8, 4) is 0 Å². The first-order chi connectivity index (χ1) is 7.25. The van der Waals surface area contributed by atoms with Crippen LogP contribution >= 0.6 is 27.7 Å². The Hall–Kier alpha value is 0.01000. The normalized spacial score (nSPS) is 21.6. The fourth-order valence-electron chi connectivity index (χ4n) is 1.78. The Bertz CT molecular complexity index is 334. The zero-order chi connectivity index (χ0) is 10.7. The number of nitrogens with one attached hydrogen (secondary N) is 1. The summed E-state index contributed by atoms with van der Waals surface area (Å²) < 4.78 is 1.23. The van der Waals surface area contributed by atoms with Crippen molar-refractivity contribution in [3.63, 3.8) is 0 Å². The zero-order valence-corrected chi connectivity index (χ0v) is 11.3. The van der Waals surface area contributed by atoms with E-state index in [1.807, 2.05) is 0 Å². The molecule has 3 heteroatoms. The quantitative estimate of drug-likeness (QED) is 0.897. The van der Waals surface area contributed by atoms with Gasteiger partial charge in [-0.15, -0.1) is 0 Å². The van der Waals surface area contributed by atoms with Gasteiger partial charge in [-0.1, -0.05) is 28.1 Å². The Morgan fingerprint density at radius 1 is 1.53 bits per heavy atom. The van der Waals surface area contributed by atoms with Crippen molar-refractivity contribution in [1.82, 2.24) is 5.32 Å². The van der Waals surface area contributed by atoms with Crippen LogP contribution in [0.2, 0.25) is 0 Å². The van der Waals surface area contributed by atoms with Gasteiger partial charge in [0.2, 0.25) is 0 Å². The Balaban J connectivity index is 2.00. The van der Waals surface area contributed by atoms with E-state index < -0.39 is 0 Å². The number of hydrogen-bond acceptors (Lipinski definition) is 2. The van der Waals surface area contributed by atoms with E-state index in [-0.39, 0.29) is 0 Å². The summed E-state index contributed by atoms with van der Waals surface area (Å²) in [5.41, 5.74) is 2.75. The van der Waals surface area contributed by atoms with Crippen LogP contribution in [-0.2, 0) is 6.42 Å². The first-order valence-corrected chi connectivity index (χ1v) is 7.17. The lowest BCUT2D eigenvalue weighted by Crippen LogP contribution is -2.33. The summed E-state index contributed by atoms with van der Waals surface area (Å²) in [5.74, 6) is 1.25. The standard InChI is InChI=1S/C12H16BrNS/c1-9-2-3-10(7-12(9)13)6-11-8-14-4-5-15-11/h2-3,7,11,14H,4-6,8H2,1H3. The van der Waals surface area contributed by atoms with E-state index in [4.69, 9.17) is 0 Å². The van der Waals surface area contributed by atoms with Gasteiger partial charge in [-0.2, -0.15) is 11.8 Å². The zero-order valence-electron chi connectivity index (χ0n) is 8.92. The van der Waals surface area contributed by atoms with E-state index in [9.17, 15) is 0 Å². The van der Waals surface area contributed by atoms with Gasteiger partial charge in [0.25, 0.3) is 0 Å². The maximum atomic E-state index is 3.59. The monoisotopic (exact) mass is 285 g/mol. The third-order valence-electron chi connectivity index (χ3n) is 2.70. The molecule has 1 fully saturated rings. The minimum Gasteiger partial charge on any atom is -0.315 e. The first-order valence-electron chi connectivity index (χ1n) is 5.33. The van der Waals surface area contributed by atoms with Crippen molar-refractivity contribution in [3.05, 3.63) is 33.8 Å². The van der Waals surface area contributed by atoms with Gasteiger partial charge < -0.3 is 5.32 Å². The largest absolute Gasteiger partial charge is 0.315 e. The first kappa shape index (κ1) is 11.5. The van der Waals surface area contributed by atoms with E-state index in [1.165, 1.54) is 34.3 Å². The molecule has 1 aliphatic rings. The lowest BCUT2D eigenvalue weighted by molar-refractivity contribution is 0.666.